The maximum absolute atomic E-state index is 10.8. The van der Waals surface area contributed by atoms with Crippen molar-refractivity contribution in [2.24, 2.45) is 5.92 Å². The van der Waals surface area contributed by atoms with E-state index in [0.29, 0.717) is 12.0 Å². The highest BCUT2D eigenvalue weighted by atomic mass is 79.9. The van der Waals surface area contributed by atoms with Crippen molar-refractivity contribution in [1.29, 1.82) is 0 Å². The van der Waals surface area contributed by atoms with Gasteiger partial charge in [0.1, 0.15) is 5.75 Å². The molecule has 0 amide bonds. The minimum Gasteiger partial charge on any atom is -0.507 e. The van der Waals surface area contributed by atoms with Crippen molar-refractivity contribution >= 4 is 21.9 Å². The molecule has 0 aromatic heterocycles. The molecule has 88 valence electrons. The fourth-order valence-corrected chi connectivity index (χ4v) is 2.15. The highest BCUT2D eigenvalue weighted by Gasteiger charge is 2.18. The Bertz CT molecular complexity index is 401. The molecule has 3 nitrogen and oxygen atoms in total. The van der Waals surface area contributed by atoms with E-state index >= 15 is 0 Å². The number of carboxylic acid groups (broad SMARTS) is 1. The molecule has 0 heterocycles. The van der Waals surface area contributed by atoms with E-state index in [2.05, 4.69) is 15.9 Å². The van der Waals surface area contributed by atoms with Gasteiger partial charge in [-0.2, -0.15) is 0 Å². The van der Waals surface area contributed by atoms with Crippen LogP contribution in [0.3, 0.4) is 0 Å². The van der Waals surface area contributed by atoms with Gasteiger partial charge in [0.05, 0.1) is 5.92 Å². The Kier molecular flexibility index (Phi) is 3.97. The van der Waals surface area contributed by atoms with Crippen LogP contribution in [0.4, 0.5) is 0 Å². The van der Waals surface area contributed by atoms with Crippen molar-refractivity contribution < 1.29 is 15.0 Å². The van der Waals surface area contributed by atoms with Gasteiger partial charge in [-0.3, -0.25) is 4.79 Å². The molecule has 0 radical (unpaired) electrons. The smallest absolute Gasteiger partial charge is 0.306 e. The number of phenolic OH excluding ortho intramolecular Hbond substituents is 1. The number of aryl methyl sites for hydroxylation is 1. The lowest BCUT2D eigenvalue weighted by molar-refractivity contribution is -0.141. The Hall–Kier alpha value is -1.03. The summed E-state index contributed by atoms with van der Waals surface area (Å²) in [4.78, 5) is 10.8. The number of hydrogen-bond donors (Lipinski definition) is 2. The van der Waals surface area contributed by atoms with Gasteiger partial charge in [0.15, 0.2) is 0 Å². The molecule has 0 saturated heterocycles. The molecule has 0 aliphatic heterocycles. The Morgan fingerprint density at radius 1 is 1.50 bits per heavy atom. The Labute approximate surface area is 103 Å². The summed E-state index contributed by atoms with van der Waals surface area (Å²) in [5.41, 5.74) is 2.36. The first-order valence-corrected chi connectivity index (χ1v) is 5.84. The van der Waals surface area contributed by atoms with Crippen molar-refractivity contribution in [3.63, 3.8) is 0 Å². The third-order valence-corrected chi connectivity index (χ3v) is 3.57. The summed E-state index contributed by atoms with van der Waals surface area (Å²) in [5.74, 6) is -1.15. The second-order valence-electron chi connectivity index (χ2n) is 4.07. The predicted molar refractivity (Wildman–Crippen MR) is 65.8 cm³/mol. The fraction of sp³-hybridized carbons (Fsp3) is 0.417. The average molecular weight is 287 g/mol. The van der Waals surface area contributed by atoms with Crippen molar-refractivity contribution in [1.82, 2.24) is 0 Å². The number of carboxylic acids is 1. The van der Waals surface area contributed by atoms with E-state index in [1.165, 1.54) is 0 Å². The molecular formula is C12H15BrO3. The minimum absolute atomic E-state index is 0.203. The molecule has 2 N–H and O–H groups in total. The molecule has 0 saturated carbocycles. The number of benzene rings is 1. The highest BCUT2D eigenvalue weighted by molar-refractivity contribution is 9.10. The molecule has 0 aliphatic rings. The summed E-state index contributed by atoms with van der Waals surface area (Å²) < 4.78 is 0.899. The highest BCUT2D eigenvalue weighted by Crippen LogP contribution is 2.32. The van der Waals surface area contributed by atoms with Crippen LogP contribution in [0.2, 0.25) is 0 Å². The van der Waals surface area contributed by atoms with Crippen LogP contribution in [-0.2, 0) is 11.2 Å². The molecule has 1 aromatic carbocycles. The first-order valence-electron chi connectivity index (χ1n) is 5.05. The molecule has 0 aliphatic carbocycles. The largest absolute Gasteiger partial charge is 0.507 e. The van der Waals surface area contributed by atoms with Crippen LogP contribution >= 0.6 is 15.9 Å². The van der Waals surface area contributed by atoms with Gasteiger partial charge < -0.3 is 10.2 Å². The van der Waals surface area contributed by atoms with Crippen molar-refractivity contribution in [2.45, 2.75) is 27.2 Å². The van der Waals surface area contributed by atoms with E-state index in [1.807, 2.05) is 13.0 Å². The van der Waals surface area contributed by atoms with E-state index in [1.54, 1.807) is 13.8 Å². The zero-order chi connectivity index (χ0) is 12.5. The van der Waals surface area contributed by atoms with Crippen molar-refractivity contribution in [2.75, 3.05) is 0 Å². The number of phenols is 1. The molecule has 1 aromatic rings. The lowest BCUT2D eigenvalue weighted by Crippen LogP contribution is -2.13. The molecule has 1 unspecified atom stereocenters. The van der Waals surface area contributed by atoms with E-state index < -0.39 is 11.9 Å². The molecule has 4 heteroatoms. The maximum atomic E-state index is 10.8. The summed E-state index contributed by atoms with van der Waals surface area (Å²) >= 11 is 3.40. The van der Waals surface area contributed by atoms with Gasteiger partial charge in [-0.1, -0.05) is 22.9 Å². The van der Waals surface area contributed by atoms with Crippen LogP contribution in [0.1, 0.15) is 23.6 Å². The van der Waals surface area contributed by atoms with Crippen LogP contribution in [-0.4, -0.2) is 16.2 Å². The number of carbonyl (C=O) groups is 1. The fourth-order valence-electron chi connectivity index (χ4n) is 1.57. The zero-order valence-corrected chi connectivity index (χ0v) is 11.1. The summed E-state index contributed by atoms with van der Waals surface area (Å²) in [6, 6.07) is 1.83. The van der Waals surface area contributed by atoms with Crippen LogP contribution in [0, 0.1) is 19.8 Å². The third kappa shape index (κ3) is 2.55. The average Bonchev–Trinajstić information content (AvgIpc) is 2.21. The quantitative estimate of drug-likeness (QED) is 0.898. The number of rotatable bonds is 3. The summed E-state index contributed by atoms with van der Waals surface area (Å²) in [7, 11) is 0. The van der Waals surface area contributed by atoms with Crippen LogP contribution in [0.15, 0.2) is 10.5 Å². The third-order valence-electron chi connectivity index (χ3n) is 2.75. The van der Waals surface area contributed by atoms with Gasteiger partial charge in [0.25, 0.3) is 0 Å². The summed E-state index contributed by atoms with van der Waals surface area (Å²) in [5, 5.41) is 18.8. The second-order valence-corrected chi connectivity index (χ2v) is 4.93. The van der Waals surface area contributed by atoms with Gasteiger partial charge in [-0.15, -0.1) is 0 Å². The van der Waals surface area contributed by atoms with Crippen LogP contribution in [0.5, 0.6) is 5.75 Å². The predicted octanol–water partition coefficient (Wildman–Crippen LogP) is 3.03. The molecule has 0 fully saturated rings. The Morgan fingerprint density at radius 3 is 2.56 bits per heavy atom. The minimum atomic E-state index is -0.851. The molecule has 0 bridgehead atoms. The summed E-state index contributed by atoms with van der Waals surface area (Å²) in [6.07, 6.45) is 0.341. The van der Waals surface area contributed by atoms with E-state index in [4.69, 9.17) is 5.11 Å². The van der Waals surface area contributed by atoms with Gasteiger partial charge in [0.2, 0.25) is 0 Å². The number of hydrogen-bond acceptors (Lipinski definition) is 2. The van der Waals surface area contributed by atoms with Gasteiger partial charge in [0, 0.05) is 4.47 Å². The van der Waals surface area contributed by atoms with Crippen LogP contribution < -0.4 is 0 Å². The first-order chi connectivity index (χ1) is 7.34. The van der Waals surface area contributed by atoms with Crippen molar-refractivity contribution in [3.8, 4) is 5.75 Å². The number of halogens is 1. The SMILES string of the molecule is Cc1cc(Br)c(C)c(CC(C)C(=O)O)c1O. The van der Waals surface area contributed by atoms with Crippen molar-refractivity contribution in [3.05, 3.63) is 27.2 Å². The molecule has 0 spiro atoms. The topological polar surface area (TPSA) is 57.5 Å². The normalized spacial score (nSPS) is 12.5. The standard InChI is InChI=1S/C12H15BrO3/c1-6-5-10(13)8(3)9(11(6)14)4-7(2)12(15)16/h5,7,14H,4H2,1-3H3,(H,15,16). The van der Waals surface area contributed by atoms with E-state index in [0.717, 1.165) is 15.6 Å². The zero-order valence-electron chi connectivity index (χ0n) is 9.54. The first kappa shape index (κ1) is 13.0. The molecule has 16 heavy (non-hydrogen) atoms. The molecular weight excluding hydrogens is 272 g/mol. The van der Waals surface area contributed by atoms with Gasteiger partial charge in [-0.05, 0) is 43.0 Å². The van der Waals surface area contributed by atoms with E-state index in [9.17, 15) is 9.90 Å². The lowest BCUT2D eigenvalue weighted by Gasteiger charge is -2.14. The lowest BCUT2D eigenvalue weighted by atomic mass is 9.95. The second kappa shape index (κ2) is 4.87. The molecule has 1 rings (SSSR count). The number of aliphatic carboxylic acids is 1. The number of aromatic hydroxyl groups is 1. The maximum Gasteiger partial charge on any atom is 0.306 e. The summed E-state index contributed by atoms with van der Waals surface area (Å²) in [6.45, 7) is 5.30. The molecule has 1 atom stereocenters. The van der Waals surface area contributed by atoms with E-state index in [-0.39, 0.29) is 5.75 Å². The Morgan fingerprint density at radius 2 is 2.06 bits per heavy atom. The Balaban J connectivity index is 3.17. The van der Waals surface area contributed by atoms with Gasteiger partial charge in [-0.25, -0.2) is 0 Å². The van der Waals surface area contributed by atoms with Crippen LogP contribution in [0.25, 0.3) is 0 Å². The monoisotopic (exact) mass is 286 g/mol. The van der Waals surface area contributed by atoms with Gasteiger partial charge >= 0.3 is 5.97 Å².